The highest BCUT2D eigenvalue weighted by atomic mass is 32.4. The van der Waals surface area contributed by atoms with Crippen molar-refractivity contribution >= 4 is 30.1 Å². The lowest BCUT2D eigenvalue weighted by atomic mass is 10.1. The van der Waals surface area contributed by atoms with Crippen LogP contribution in [0.3, 0.4) is 0 Å². The second kappa shape index (κ2) is 12.1. The summed E-state index contributed by atoms with van der Waals surface area (Å²) in [5.41, 5.74) is 1.32. The van der Waals surface area contributed by atoms with Gasteiger partial charge in [-0.05, 0) is 38.3 Å². The molecule has 0 aliphatic carbocycles. The molecule has 2 atom stereocenters. The van der Waals surface area contributed by atoms with Crippen LogP contribution in [0.15, 0.2) is 60.7 Å². The van der Waals surface area contributed by atoms with E-state index in [2.05, 4.69) is 5.32 Å². The largest absolute Gasteiger partial charge is 0.460 e. The zero-order valence-corrected chi connectivity index (χ0v) is 20.8. The fourth-order valence-electron chi connectivity index (χ4n) is 3.04. The molecule has 2 rings (SSSR count). The highest BCUT2D eigenvalue weighted by Gasteiger charge is 2.32. The molecule has 0 spiro atoms. The molecule has 0 bridgehead atoms. The third kappa shape index (κ3) is 9.11. The van der Waals surface area contributed by atoms with Gasteiger partial charge in [-0.15, -0.1) is 0 Å². The van der Waals surface area contributed by atoms with Crippen molar-refractivity contribution in [3.8, 4) is 0 Å². The molecule has 0 aliphatic heterocycles. The van der Waals surface area contributed by atoms with Crippen molar-refractivity contribution in [1.82, 2.24) is 5.32 Å². The van der Waals surface area contributed by atoms with Crippen molar-refractivity contribution in [3.63, 3.8) is 0 Å². The molecule has 1 N–H and O–H groups in total. The quantitative estimate of drug-likeness (QED) is 0.372. The first-order chi connectivity index (χ1) is 15.1. The van der Waals surface area contributed by atoms with Crippen LogP contribution in [0.5, 0.6) is 0 Å². The summed E-state index contributed by atoms with van der Waals surface area (Å²) in [7, 11) is 1.53. The van der Waals surface area contributed by atoms with Gasteiger partial charge < -0.3 is 19.3 Å². The Hall–Kier alpha value is -2.21. The summed E-state index contributed by atoms with van der Waals surface area (Å²) in [6.07, 6.45) is -2.29. The van der Waals surface area contributed by atoms with Crippen LogP contribution >= 0.6 is 6.26 Å². The number of alkyl carbamates (subject to hydrolysis) is 1. The summed E-state index contributed by atoms with van der Waals surface area (Å²) in [6, 6.07) is 19.2. The van der Waals surface area contributed by atoms with Gasteiger partial charge in [-0.25, -0.2) is 4.79 Å². The minimum atomic E-state index is -2.62. The highest BCUT2D eigenvalue weighted by molar-refractivity contribution is 8.12. The number of esters is 1. The monoisotopic (exact) mass is 477 g/mol. The van der Waals surface area contributed by atoms with Crippen LogP contribution in [-0.2, 0) is 43.6 Å². The van der Waals surface area contributed by atoms with Crippen molar-refractivity contribution in [1.29, 1.82) is 0 Å². The Labute approximate surface area is 195 Å². The lowest BCUT2D eigenvalue weighted by Crippen LogP contribution is -2.38. The van der Waals surface area contributed by atoms with E-state index in [1.165, 1.54) is 7.11 Å². The van der Waals surface area contributed by atoms with Gasteiger partial charge in [0.25, 0.3) is 0 Å². The molecule has 32 heavy (non-hydrogen) atoms. The summed E-state index contributed by atoms with van der Waals surface area (Å²) in [5, 5.41) is 2.91. The van der Waals surface area contributed by atoms with Gasteiger partial charge in [0.2, 0.25) is 0 Å². The molecule has 1 amide bonds. The molecular weight excluding hydrogens is 445 g/mol. The first kappa shape index (κ1) is 26.0. The fourth-order valence-corrected chi connectivity index (χ4v) is 5.73. The molecule has 2 aromatic carbocycles. The summed E-state index contributed by atoms with van der Waals surface area (Å²) in [6.45, 7) is 5.61. The molecule has 8 heteroatoms. The predicted molar refractivity (Wildman–Crippen MR) is 130 cm³/mol. The normalized spacial score (nSPS) is 14.1. The van der Waals surface area contributed by atoms with E-state index in [0.29, 0.717) is 12.6 Å². The molecule has 0 saturated heterocycles. The lowest BCUT2D eigenvalue weighted by molar-refractivity contribution is -0.154. The van der Waals surface area contributed by atoms with Gasteiger partial charge in [0.1, 0.15) is 12.2 Å². The first-order valence-corrected chi connectivity index (χ1v) is 13.5. The Morgan fingerprint density at radius 1 is 1.00 bits per heavy atom. The topological polar surface area (TPSA) is 73.9 Å². The van der Waals surface area contributed by atoms with Crippen LogP contribution in [0.2, 0.25) is 0 Å². The fraction of sp³-hybridized carbons (Fsp3) is 0.417. The average Bonchev–Trinajstić information content (AvgIpc) is 2.76. The van der Waals surface area contributed by atoms with Gasteiger partial charge in [-0.2, -0.15) is 0 Å². The van der Waals surface area contributed by atoms with Gasteiger partial charge >= 0.3 is 12.1 Å². The maximum Gasteiger partial charge on any atom is 0.408 e. The Bertz CT molecular complexity index is 915. The third-order valence-corrected chi connectivity index (χ3v) is 9.09. The number of amides is 1. The number of hydrogen-bond donors (Lipinski definition) is 1. The zero-order chi connectivity index (χ0) is 23.6. The van der Waals surface area contributed by atoms with E-state index in [9.17, 15) is 9.59 Å². The number of ether oxygens (including phenoxy) is 2. The zero-order valence-electron chi connectivity index (χ0n) is 19.1. The lowest BCUT2D eigenvalue weighted by Gasteiger charge is -2.30. The molecule has 2 aromatic rings. The molecule has 0 heterocycles. The maximum atomic E-state index is 12.6. The van der Waals surface area contributed by atoms with E-state index >= 15 is 0 Å². The molecule has 2 unspecified atom stereocenters. The number of hydrogen-bond acceptors (Lipinski definition) is 6. The summed E-state index contributed by atoms with van der Waals surface area (Å²) >= 11 is 5.89. The van der Waals surface area contributed by atoms with Crippen LogP contribution in [0.4, 0.5) is 4.79 Å². The minimum absolute atomic E-state index is 0.119. The number of carbonyl (C=O) groups is 2. The summed E-state index contributed by atoms with van der Waals surface area (Å²) < 4.78 is 16.6. The van der Waals surface area contributed by atoms with Crippen LogP contribution in [0.1, 0.15) is 38.3 Å². The van der Waals surface area contributed by atoms with Crippen molar-refractivity contribution in [2.45, 2.75) is 51.6 Å². The van der Waals surface area contributed by atoms with Crippen LogP contribution in [0.25, 0.3) is 0 Å². The van der Waals surface area contributed by atoms with Crippen LogP contribution in [-0.4, -0.2) is 36.7 Å². The highest BCUT2D eigenvalue weighted by Crippen LogP contribution is 2.52. The smallest absolute Gasteiger partial charge is 0.408 e. The summed E-state index contributed by atoms with van der Waals surface area (Å²) in [5.74, 6) is -0.829. The predicted octanol–water partition coefficient (Wildman–Crippen LogP) is 5.25. The molecule has 0 saturated carbocycles. The van der Waals surface area contributed by atoms with Gasteiger partial charge in [0.05, 0.1) is 18.5 Å². The van der Waals surface area contributed by atoms with Crippen molar-refractivity contribution in [2.75, 3.05) is 13.3 Å². The molecule has 0 aliphatic rings. The van der Waals surface area contributed by atoms with E-state index < -0.39 is 23.7 Å². The van der Waals surface area contributed by atoms with E-state index in [4.69, 9.17) is 25.8 Å². The van der Waals surface area contributed by atoms with E-state index in [-0.39, 0.29) is 19.0 Å². The average molecular weight is 478 g/mol. The standard InChI is InChI=1S/C24H32NO5PS/c1-24(2,3)30-22(26)15-16-31(32,28-4)21(17-19-11-7-5-8-12-19)25-23(27)29-18-20-13-9-6-10-14-20/h5-14,21H,15-18H2,1-4H3,(H,25,27). The molecule has 174 valence electrons. The summed E-state index contributed by atoms with van der Waals surface area (Å²) in [4.78, 5) is 24.9. The van der Waals surface area contributed by atoms with Crippen molar-refractivity contribution in [3.05, 3.63) is 71.8 Å². The first-order valence-electron chi connectivity index (χ1n) is 10.5. The third-order valence-electron chi connectivity index (χ3n) is 4.60. The van der Waals surface area contributed by atoms with E-state index in [0.717, 1.165) is 11.1 Å². The number of rotatable bonds is 10. The van der Waals surface area contributed by atoms with Gasteiger partial charge in [0.15, 0.2) is 0 Å². The Morgan fingerprint density at radius 3 is 2.09 bits per heavy atom. The molecular formula is C24H32NO5PS. The Balaban J connectivity index is 2.11. The number of nitrogens with one attached hydrogen (secondary N) is 1. The van der Waals surface area contributed by atoms with Gasteiger partial charge in [-0.3, -0.25) is 4.79 Å². The molecule has 0 aromatic heterocycles. The Kier molecular flexibility index (Phi) is 9.88. The van der Waals surface area contributed by atoms with Crippen LogP contribution < -0.4 is 5.32 Å². The van der Waals surface area contributed by atoms with Gasteiger partial charge in [-0.1, -0.05) is 72.5 Å². The molecule has 0 fully saturated rings. The Morgan fingerprint density at radius 2 is 1.56 bits per heavy atom. The van der Waals surface area contributed by atoms with Crippen molar-refractivity contribution < 1.29 is 23.6 Å². The second-order valence-electron chi connectivity index (χ2n) is 8.38. The van der Waals surface area contributed by atoms with Crippen molar-refractivity contribution in [2.24, 2.45) is 0 Å². The van der Waals surface area contributed by atoms with E-state index in [1.807, 2.05) is 81.4 Å². The number of carbonyl (C=O) groups excluding carboxylic acids is 2. The second-order valence-corrected chi connectivity index (χ2v) is 13.1. The SMILES string of the molecule is COP(=S)(CCC(=O)OC(C)(C)C)C(Cc1ccccc1)NC(=O)OCc1ccccc1. The number of benzene rings is 2. The molecule has 6 nitrogen and oxygen atoms in total. The minimum Gasteiger partial charge on any atom is -0.460 e. The van der Waals surface area contributed by atoms with E-state index in [1.54, 1.807) is 0 Å². The molecule has 0 radical (unpaired) electrons. The maximum absolute atomic E-state index is 12.6. The van der Waals surface area contributed by atoms with Gasteiger partial charge in [0, 0.05) is 13.3 Å². The van der Waals surface area contributed by atoms with Crippen LogP contribution in [0, 0.1) is 0 Å².